The van der Waals surface area contributed by atoms with Crippen LogP contribution in [0.1, 0.15) is 12.5 Å². The lowest BCUT2D eigenvalue weighted by Gasteiger charge is -2.36. The summed E-state index contributed by atoms with van der Waals surface area (Å²) in [6.45, 7) is 2.91. The van der Waals surface area contributed by atoms with E-state index >= 15 is 0 Å². The Morgan fingerprint density at radius 3 is 2.65 bits per heavy atom. The Labute approximate surface area is 116 Å². The van der Waals surface area contributed by atoms with Gasteiger partial charge in [0.05, 0.1) is 18.6 Å². The largest absolute Gasteiger partial charge is 0.370 e. The molecule has 6 heteroatoms. The molecule has 0 bridgehead atoms. The molecular formula is C14H18F2N2O2. The van der Waals surface area contributed by atoms with Crippen molar-refractivity contribution < 1.29 is 18.3 Å². The van der Waals surface area contributed by atoms with E-state index in [0.717, 1.165) is 12.1 Å². The van der Waals surface area contributed by atoms with Crippen LogP contribution in [-0.2, 0) is 16.0 Å². The van der Waals surface area contributed by atoms with E-state index in [1.54, 1.807) is 4.90 Å². The molecule has 1 saturated heterocycles. The van der Waals surface area contributed by atoms with Gasteiger partial charge in [-0.1, -0.05) is 6.07 Å². The first-order valence-electron chi connectivity index (χ1n) is 6.57. The van der Waals surface area contributed by atoms with E-state index in [9.17, 15) is 13.6 Å². The third-order valence-corrected chi connectivity index (χ3v) is 3.33. The first kappa shape index (κ1) is 14.9. The summed E-state index contributed by atoms with van der Waals surface area (Å²) in [5, 5.41) is 0. The van der Waals surface area contributed by atoms with Gasteiger partial charge in [-0.25, -0.2) is 8.78 Å². The average Bonchev–Trinajstić information content (AvgIpc) is 2.42. The van der Waals surface area contributed by atoms with Crippen molar-refractivity contribution in [1.29, 1.82) is 0 Å². The highest BCUT2D eigenvalue weighted by atomic mass is 19.1. The van der Waals surface area contributed by atoms with Crippen LogP contribution in [0.3, 0.4) is 0 Å². The van der Waals surface area contributed by atoms with Crippen LogP contribution >= 0.6 is 0 Å². The van der Waals surface area contributed by atoms with Crippen molar-refractivity contribution in [1.82, 2.24) is 4.90 Å². The maximum absolute atomic E-state index is 13.5. The molecule has 20 heavy (non-hydrogen) atoms. The number of carbonyl (C=O) groups excluding carboxylic acids is 1. The highest BCUT2D eigenvalue weighted by Gasteiger charge is 2.28. The molecule has 1 aromatic carbocycles. The van der Waals surface area contributed by atoms with Crippen LogP contribution in [0.25, 0.3) is 0 Å². The van der Waals surface area contributed by atoms with Gasteiger partial charge in [-0.15, -0.1) is 0 Å². The van der Waals surface area contributed by atoms with E-state index in [1.807, 2.05) is 6.92 Å². The Kier molecular flexibility index (Phi) is 4.67. The summed E-state index contributed by atoms with van der Waals surface area (Å²) in [6.07, 6.45) is -0.650. The molecule has 2 atom stereocenters. The molecule has 2 rings (SSSR count). The molecular weight excluding hydrogens is 266 g/mol. The molecule has 4 nitrogen and oxygen atoms in total. The number of morpholine rings is 1. The van der Waals surface area contributed by atoms with E-state index < -0.39 is 11.6 Å². The highest BCUT2D eigenvalue weighted by Crippen LogP contribution is 2.16. The van der Waals surface area contributed by atoms with Gasteiger partial charge in [0, 0.05) is 25.2 Å². The van der Waals surface area contributed by atoms with Crippen LogP contribution < -0.4 is 5.73 Å². The second kappa shape index (κ2) is 6.28. The van der Waals surface area contributed by atoms with E-state index in [4.69, 9.17) is 10.5 Å². The fraction of sp³-hybridized carbons (Fsp3) is 0.500. The normalized spacial score (nSPS) is 22.9. The molecule has 1 aliphatic rings. The lowest BCUT2D eigenvalue weighted by molar-refractivity contribution is -0.143. The molecule has 0 spiro atoms. The van der Waals surface area contributed by atoms with E-state index in [0.29, 0.717) is 19.6 Å². The first-order chi connectivity index (χ1) is 9.51. The second-order valence-electron chi connectivity index (χ2n) is 4.98. The van der Waals surface area contributed by atoms with Crippen molar-refractivity contribution >= 4 is 5.91 Å². The Hall–Kier alpha value is -1.53. The van der Waals surface area contributed by atoms with Crippen molar-refractivity contribution in [2.24, 2.45) is 5.73 Å². The van der Waals surface area contributed by atoms with Crippen LogP contribution in [0.4, 0.5) is 8.78 Å². The summed E-state index contributed by atoms with van der Waals surface area (Å²) in [6, 6.07) is 3.58. The fourth-order valence-corrected chi connectivity index (χ4v) is 2.34. The minimum atomic E-state index is -0.699. The molecule has 0 aromatic heterocycles. The quantitative estimate of drug-likeness (QED) is 0.903. The topological polar surface area (TPSA) is 55.6 Å². The van der Waals surface area contributed by atoms with Crippen molar-refractivity contribution in [2.45, 2.75) is 25.6 Å². The number of nitrogens with zero attached hydrogens (tertiary/aromatic N) is 1. The van der Waals surface area contributed by atoms with Crippen molar-refractivity contribution in [3.63, 3.8) is 0 Å². The number of ether oxygens (including phenoxy) is 1. The zero-order valence-electron chi connectivity index (χ0n) is 11.3. The molecule has 1 amide bonds. The molecule has 0 saturated carbocycles. The molecule has 1 aliphatic heterocycles. The smallest absolute Gasteiger partial charge is 0.227 e. The van der Waals surface area contributed by atoms with Gasteiger partial charge in [0.25, 0.3) is 0 Å². The predicted octanol–water partition coefficient (Wildman–Crippen LogP) is 1.08. The molecule has 110 valence electrons. The lowest BCUT2D eigenvalue weighted by atomic mass is 10.1. The number of hydrogen-bond donors (Lipinski definition) is 1. The number of carbonyl (C=O) groups is 1. The minimum absolute atomic E-state index is 0.133. The zero-order valence-corrected chi connectivity index (χ0v) is 11.3. The monoisotopic (exact) mass is 284 g/mol. The van der Waals surface area contributed by atoms with E-state index in [-0.39, 0.29) is 30.1 Å². The highest BCUT2D eigenvalue weighted by molar-refractivity contribution is 5.79. The SMILES string of the molecule is CC1CN(C(=O)Cc2c(F)cccc2F)CC(CN)O1. The fourth-order valence-electron chi connectivity index (χ4n) is 2.34. The molecule has 1 fully saturated rings. The van der Waals surface area contributed by atoms with E-state index in [2.05, 4.69) is 0 Å². The maximum atomic E-state index is 13.5. The maximum Gasteiger partial charge on any atom is 0.227 e. The number of amides is 1. The number of nitrogens with two attached hydrogens (primary N) is 1. The second-order valence-corrected chi connectivity index (χ2v) is 4.98. The van der Waals surface area contributed by atoms with Gasteiger partial charge in [-0.2, -0.15) is 0 Å². The van der Waals surface area contributed by atoms with Gasteiger partial charge in [0.1, 0.15) is 11.6 Å². The third-order valence-electron chi connectivity index (χ3n) is 3.33. The van der Waals surface area contributed by atoms with E-state index in [1.165, 1.54) is 6.07 Å². The number of hydrogen-bond acceptors (Lipinski definition) is 3. The molecule has 0 aliphatic carbocycles. The predicted molar refractivity (Wildman–Crippen MR) is 70.0 cm³/mol. The number of halogens is 2. The lowest BCUT2D eigenvalue weighted by Crippen LogP contribution is -2.51. The molecule has 0 radical (unpaired) electrons. The van der Waals surface area contributed by atoms with Gasteiger partial charge in [-0.3, -0.25) is 4.79 Å². The van der Waals surface area contributed by atoms with Crippen molar-refractivity contribution in [2.75, 3.05) is 19.6 Å². The number of benzene rings is 1. The van der Waals surface area contributed by atoms with Crippen LogP contribution in [0.5, 0.6) is 0 Å². The summed E-state index contributed by atoms with van der Waals surface area (Å²) in [4.78, 5) is 13.7. The van der Waals surface area contributed by atoms with Gasteiger partial charge < -0.3 is 15.4 Å². The Balaban J connectivity index is 2.08. The van der Waals surface area contributed by atoms with Crippen molar-refractivity contribution in [3.8, 4) is 0 Å². The standard InChI is InChI=1S/C14H18F2N2O2/c1-9-7-18(8-10(6-17)20-9)14(19)5-11-12(15)3-2-4-13(11)16/h2-4,9-10H,5-8,17H2,1H3. The summed E-state index contributed by atoms with van der Waals surface area (Å²) in [7, 11) is 0. The van der Waals surface area contributed by atoms with Crippen LogP contribution in [0.15, 0.2) is 18.2 Å². The van der Waals surface area contributed by atoms with Gasteiger partial charge in [0.2, 0.25) is 5.91 Å². The Bertz CT molecular complexity index is 476. The van der Waals surface area contributed by atoms with Crippen LogP contribution in [-0.4, -0.2) is 42.6 Å². The Morgan fingerprint density at radius 2 is 2.05 bits per heavy atom. The average molecular weight is 284 g/mol. The van der Waals surface area contributed by atoms with Crippen LogP contribution in [0.2, 0.25) is 0 Å². The minimum Gasteiger partial charge on any atom is -0.370 e. The van der Waals surface area contributed by atoms with Gasteiger partial charge in [-0.05, 0) is 19.1 Å². The summed E-state index contributed by atoms with van der Waals surface area (Å²) >= 11 is 0. The van der Waals surface area contributed by atoms with Crippen molar-refractivity contribution in [3.05, 3.63) is 35.4 Å². The molecule has 1 aromatic rings. The zero-order chi connectivity index (χ0) is 14.7. The van der Waals surface area contributed by atoms with Crippen LogP contribution in [0, 0.1) is 11.6 Å². The van der Waals surface area contributed by atoms with Gasteiger partial charge in [0.15, 0.2) is 0 Å². The summed E-state index contributed by atoms with van der Waals surface area (Å²) < 4.78 is 32.6. The molecule has 2 N–H and O–H groups in total. The van der Waals surface area contributed by atoms with Gasteiger partial charge >= 0.3 is 0 Å². The first-order valence-corrected chi connectivity index (χ1v) is 6.57. The number of rotatable bonds is 3. The summed E-state index contributed by atoms with van der Waals surface area (Å²) in [5.41, 5.74) is 5.35. The Morgan fingerprint density at radius 1 is 1.40 bits per heavy atom. The molecule has 2 unspecified atom stereocenters. The molecule has 1 heterocycles. The third kappa shape index (κ3) is 3.32. The summed E-state index contributed by atoms with van der Waals surface area (Å²) in [5.74, 6) is -1.72.